The van der Waals surface area contributed by atoms with Crippen LogP contribution in [0.25, 0.3) is 16.7 Å². The third-order valence-corrected chi connectivity index (χ3v) is 6.72. The number of allylic oxidation sites excluding steroid dienone is 1. The average Bonchev–Trinajstić information content (AvgIpc) is 3.17. The number of para-hydroxylation sites is 1. The maximum absolute atomic E-state index is 6.66. The Morgan fingerprint density at radius 3 is 2.00 bits per heavy atom. The molecule has 0 fully saturated rings. The number of benzene rings is 4. The van der Waals surface area contributed by atoms with E-state index < -0.39 is 5.60 Å². The van der Waals surface area contributed by atoms with E-state index in [0.717, 1.165) is 17.1 Å². The summed E-state index contributed by atoms with van der Waals surface area (Å²) in [5, 5.41) is 3.69. The Morgan fingerprint density at radius 2 is 1.27 bits per heavy atom. The average molecular weight is 428 g/mol. The first kappa shape index (κ1) is 19.6. The number of nitrogens with one attached hydrogen (secondary N) is 1. The van der Waals surface area contributed by atoms with Gasteiger partial charge in [0.1, 0.15) is 11.4 Å². The van der Waals surface area contributed by atoms with E-state index in [9.17, 15) is 0 Å². The molecule has 160 valence electrons. The molecule has 0 radical (unpaired) electrons. The molecule has 33 heavy (non-hydrogen) atoms. The molecule has 0 saturated heterocycles. The van der Waals surface area contributed by atoms with Gasteiger partial charge >= 0.3 is 0 Å². The van der Waals surface area contributed by atoms with Gasteiger partial charge in [-0.3, -0.25) is 0 Å². The highest BCUT2D eigenvalue weighted by atomic mass is 16.5. The fraction of sp³-hybridized carbons (Fsp3) is 0.0968. The number of hydrogen-bond acceptors (Lipinski definition) is 2. The molecular formula is C31H25NO. The Balaban J connectivity index is 1.41. The quantitative estimate of drug-likeness (QED) is 0.361. The molecule has 0 saturated carbocycles. The monoisotopic (exact) mass is 427 g/mol. The van der Waals surface area contributed by atoms with Crippen LogP contribution >= 0.6 is 0 Å². The summed E-state index contributed by atoms with van der Waals surface area (Å²) in [6.45, 7) is 2.21. The lowest BCUT2D eigenvalue weighted by atomic mass is 9.73. The van der Waals surface area contributed by atoms with Crippen molar-refractivity contribution in [1.82, 2.24) is 0 Å². The van der Waals surface area contributed by atoms with Crippen molar-refractivity contribution in [1.29, 1.82) is 0 Å². The van der Waals surface area contributed by atoms with Gasteiger partial charge in [0.15, 0.2) is 0 Å². The molecule has 2 heteroatoms. The summed E-state index contributed by atoms with van der Waals surface area (Å²) in [7, 11) is 0. The van der Waals surface area contributed by atoms with Crippen LogP contribution in [-0.2, 0) is 0 Å². The molecule has 4 aromatic rings. The molecule has 6 rings (SSSR count). The summed E-state index contributed by atoms with van der Waals surface area (Å²) in [6.07, 6.45) is 4.49. The van der Waals surface area contributed by atoms with E-state index in [1.54, 1.807) is 0 Å². The number of anilines is 1. The highest BCUT2D eigenvalue weighted by molar-refractivity contribution is 5.84. The van der Waals surface area contributed by atoms with Crippen molar-refractivity contribution >= 4 is 11.3 Å². The van der Waals surface area contributed by atoms with Crippen molar-refractivity contribution in [2.75, 3.05) is 5.32 Å². The van der Waals surface area contributed by atoms with Crippen molar-refractivity contribution in [3.8, 4) is 16.9 Å². The Hall–Kier alpha value is -4.04. The van der Waals surface area contributed by atoms with E-state index in [0.29, 0.717) is 0 Å². The minimum atomic E-state index is -0.480. The number of ether oxygens (including phenoxy) is 1. The van der Waals surface area contributed by atoms with Crippen LogP contribution in [0, 0.1) is 0 Å². The summed E-state index contributed by atoms with van der Waals surface area (Å²) in [5.74, 6) is 1.14. The van der Waals surface area contributed by atoms with Crippen LogP contribution in [0.1, 0.15) is 24.0 Å². The van der Waals surface area contributed by atoms with E-state index in [-0.39, 0.29) is 5.92 Å². The summed E-state index contributed by atoms with van der Waals surface area (Å²) in [4.78, 5) is 0. The van der Waals surface area contributed by atoms with Gasteiger partial charge in [-0.1, -0.05) is 97.1 Å². The molecular weight excluding hydrogens is 402 g/mol. The molecule has 0 bridgehead atoms. The molecule has 2 atom stereocenters. The summed E-state index contributed by atoms with van der Waals surface area (Å²) < 4.78 is 6.66. The molecule has 2 nitrogen and oxygen atoms in total. The van der Waals surface area contributed by atoms with E-state index in [4.69, 9.17) is 4.74 Å². The number of hydrogen-bond donors (Lipinski definition) is 1. The molecule has 1 aliphatic heterocycles. The standard InChI is InChI=1S/C31H25NO/c1-31-27(26-14-8-9-15-29(26)33-31)20-21-28(30(31)24-12-6-3-7-13-24)32-25-18-16-23(17-19-25)22-10-4-2-5-11-22/h2-21,27,32H,1H3. The minimum absolute atomic E-state index is 0.176. The summed E-state index contributed by atoms with van der Waals surface area (Å²) >= 11 is 0. The van der Waals surface area contributed by atoms with E-state index in [1.807, 2.05) is 12.1 Å². The Kier molecular flexibility index (Phi) is 4.66. The molecule has 0 aromatic heterocycles. The van der Waals surface area contributed by atoms with Gasteiger partial charge in [0, 0.05) is 28.4 Å². The van der Waals surface area contributed by atoms with Crippen LogP contribution < -0.4 is 10.1 Å². The first-order chi connectivity index (χ1) is 16.2. The van der Waals surface area contributed by atoms with Crippen LogP contribution in [0.5, 0.6) is 5.75 Å². The van der Waals surface area contributed by atoms with Gasteiger partial charge in [-0.15, -0.1) is 0 Å². The molecule has 2 aliphatic rings. The van der Waals surface area contributed by atoms with Crippen molar-refractivity contribution in [2.24, 2.45) is 0 Å². The third kappa shape index (κ3) is 3.35. The largest absolute Gasteiger partial charge is 0.481 e. The second-order valence-electron chi connectivity index (χ2n) is 8.81. The zero-order chi connectivity index (χ0) is 22.3. The van der Waals surface area contributed by atoms with Crippen LogP contribution in [0.2, 0.25) is 0 Å². The maximum Gasteiger partial charge on any atom is 0.144 e. The van der Waals surface area contributed by atoms with Crippen LogP contribution in [-0.4, -0.2) is 5.60 Å². The lowest BCUT2D eigenvalue weighted by molar-refractivity contribution is 0.165. The topological polar surface area (TPSA) is 21.3 Å². The lowest BCUT2D eigenvalue weighted by Crippen LogP contribution is -2.38. The van der Waals surface area contributed by atoms with Gasteiger partial charge in [-0.2, -0.15) is 0 Å². The van der Waals surface area contributed by atoms with Crippen molar-refractivity contribution in [3.05, 3.63) is 138 Å². The van der Waals surface area contributed by atoms with Crippen LogP contribution in [0.3, 0.4) is 0 Å². The van der Waals surface area contributed by atoms with E-state index in [2.05, 4.69) is 121 Å². The van der Waals surface area contributed by atoms with E-state index in [1.165, 1.54) is 27.8 Å². The zero-order valence-electron chi connectivity index (χ0n) is 18.5. The molecule has 0 amide bonds. The molecule has 2 unspecified atom stereocenters. The summed E-state index contributed by atoms with van der Waals surface area (Å²) in [6, 6.07) is 38.1. The highest BCUT2D eigenvalue weighted by Gasteiger charge is 2.49. The molecule has 1 aliphatic carbocycles. The van der Waals surface area contributed by atoms with Crippen molar-refractivity contribution < 1.29 is 4.74 Å². The number of fused-ring (bicyclic) bond motifs is 3. The Morgan fingerprint density at radius 1 is 0.667 bits per heavy atom. The van der Waals surface area contributed by atoms with Crippen molar-refractivity contribution in [2.45, 2.75) is 18.4 Å². The van der Waals surface area contributed by atoms with Gasteiger partial charge in [0.25, 0.3) is 0 Å². The summed E-state index contributed by atoms with van der Waals surface area (Å²) in [5.41, 5.74) is 7.67. The second kappa shape index (κ2) is 7.83. The maximum atomic E-state index is 6.66. The van der Waals surface area contributed by atoms with Crippen LogP contribution in [0.4, 0.5) is 5.69 Å². The van der Waals surface area contributed by atoms with Crippen molar-refractivity contribution in [3.63, 3.8) is 0 Å². The van der Waals surface area contributed by atoms with E-state index >= 15 is 0 Å². The predicted octanol–water partition coefficient (Wildman–Crippen LogP) is 7.68. The first-order valence-electron chi connectivity index (χ1n) is 11.4. The van der Waals surface area contributed by atoms with Gasteiger partial charge in [0.2, 0.25) is 0 Å². The number of rotatable bonds is 4. The predicted molar refractivity (Wildman–Crippen MR) is 136 cm³/mol. The molecule has 1 N–H and O–H groups in total. The fourth-order valence-electron chi connectivity index (χ4n) is 5.14. The normalized spacial score (nSPS) is 20.7. The first-order valence-corrected chi connectivity index (χ1v) is 11.4. The molecule has 1 heterocycles. The van der Waals surface area contributed by atoms with Gasteiger partial charge in [0.05, 0.1) is 0 Å². The van der Waals surface area contributed by atoms with Gasteiger partial charge in [-0.05, 0) is 47.9 Å². The van der Waals surface area contributed by atoms with Gasteiger partial charge < -0.3 is 10.1 Å². The second-order valence-corrected chi connectivity index (χ2v) is 8.81. The molecule has 4 aromatic carbocycles. The highest BCUT2D eigenvalue weighted by Crippen LogP contribution is 2.54. The third-order valence-electron chi connectivity index (χ3n) is 6.72. The lowest BCUT2D eigenvalue weighted by Gasteiger charge is -2.37. The Labute approximate surface area is 194 Å². The molecule has 0 spiro atoms. The Bertz CT molecular complexity index is 1350. The minimum Gasteiger partial charge on any atom is -0.481 e. The van der Waals surface area contributed by atoms with Gasteiger partial charge in [-0.25, -0.2) is 0 Å². The SMILES string of the molecule is CC12Oc3ccccc3C1C=CC(Nc1ccc(-c3ccccc3)cc1)=C2c1ccccc1. The smallest absolute Gasteiger partial charge is 0.144 e. The fourth-order valence-corrected chi connectivity index (χ4v) is 5.14. The zero-order valence-corrected chi connectivity index (χ0v) is 18.5. The van der Waals surface area contributed by atoms with Crippen LogP contribution in [0.15, 0.2) is 127 Å².